The van der Waals surface area contributed by atoms with Gasteiger partial charge in [0.25, 0.3) is 0 Å². The molecule has 8 heteroatoms. The smallest absolute Gasteiger partial charge is 0.308 e. The average Bonchev–Trinajstić information content (AvgIpc) is 3.14. The summed E-state index contributed by atoms with van der Waals surface area (Å²) in [6.07, 6.45) is 2.73. The van der Waals surface area contributed by atoms with Crippen molar-refractivity contribution >= 4 is 11.9 Å². The predicted molar refractivity (Wildman–Crippen MR) is 108 cm³/mol. The summed E-state index contributed by atoms with van der Waals surface area (Å²) in [5, 5.41) is 6.52. The summed E-state index contributed by atoms with van der Waals surface area (Å²) < 4.78 is 16.1. The molecule has 158 valence electrons. The van der Waals surface area contributed by atoms with Gasteiger partial charge >= 0.3 is 5.97 Å². The molecule has 2 heterocycles. The largest absolute Gasteiger partial charge is 0.469 e. The van der Waals surface area contributed by atoms with Crippen LogP contribution in [0, 0.1) is 0 Å². The predicted octanol–water partition coefficient (Wildman–Crippen LogP) is 1.42. The molecule has 0 atom stereocenters. The quantitative estimate of drug-likeness (QED) is 0.372. The Morgan fingerprint density at radius 2 is 2.00 bits per heavy atom. The molecule has 2 N–H and O–H groups in total. The number of carbonyl (C=O) groups excluding carboxylic acids is 1. The molecule has 1 aromatic heterocycles. The number of ether oxygens (including phenoxy) is 2. The molecule has 0 spiro atoms. The van der Waals surface area contributed by atoms with Crippen LogP contribution >= 0.6 is 0 Å². The first-order valence-electron chi connectivity index (χ1n) is 9.99. The lowest BCUT2D eigenvalue weighted by Gasteiger charge is -2.25. The highest BCUT2D eigenvalue weighted by molar-refractivity contribution is 5.80. The first kappa shape index (κ1) is 22.2. The van der Waals surface area contributed by atoms with Crippen molar-refractivity contribution in [1.29, 1.82) is 0 Å². The van der Waals surface area contributed by atoms with Crippen molar-refractivity contribution < 1.29 is 18.7 Å². The molecule has 0 aromatic carbocycles. The summed E-state index contributed by atoms with van der Waals surface area (Å²) in [4.78, 5) is 18.9. The molecule has 0 amide bonds. The average molecular weight is 395 g/mol. The fourth-order valence-corrected chi connectivity index (χ4v) is 2.74. The fourth-order valence-electron chi connectivity index (χ4n) is 2.74. The highest BCUT2D eigenvalue weighted by Gasteiger charge is 2.16. The Labute approximate surface area is 167 Å². The first-order chi connectivity index (χ1) is 13.4. The van der Waals surface area contributed by atoms with Crippen molar-refractivity contribution in [2.45, 2.75) is 39.2 Å². The van der Waals surface area contributed by atoms with Crippen LogP contribution in [-0.2, 0) is 20.7 Å². The highest BCUT2D eigenvalue weighted by atomic mass is 16.6. The maximum Gasteiger partial charge on any atom is 0.308 e. The van der Waals surface area contributed by atoms with Gasteiger partial charge in [0, 0.05) is 39.1 Å². The summed E-state index contributed by atoms with van der Waals surface area (Å²) in [7, 11) is 0. The van der Waals surface area contributed by atoms with Crippen molar-refractivity contribution in [3.05, 3.63) is 24.2 Å². The van der Waals surface area contributed by atoms with Crippen LogP contribution in [0.3, 0.4) is 0 Å². The number of carbonyl (C=O) groups is 1. The van der Waals surface area contributed by atoms with Gasteiger partial charge in [-0.2, -0.15) is 0 Å². The second kappa shape index (κ2) is 11.7. The van der Waals surface area contributed by atoms with E-state index in [0.717, 1.165) is 45.0 Å². The SMILES string of the molecule is CC(C)(C)OC(=O)CCNC(=NCCN1CCOCC1)NCCc1ccco1. The van der Waals surface area contributed by atoms with E-state index < -0.39 is 5.60 Å². The van der Waals surface area contributed by atoms with Crippen molar-refractivity contribution in [2.24, 2.45) is 4.99 Å². The van der Waals surface area contributed by atoms with E-state index >= 15 is 0 Å². The Hall–Kier alpha value is -2.06. The Bertz CT molecular complexity index is 590. The monoisotopic (exact) mass is 394 g/mol. The third-order valence-corrected chi connectivity index (χ3v) is 4.08. The number of guanidine groups is 1. The molecule has 2 rings (SSSR count). The molecule has 0 aliphatic carbocycles. The lowest BCUT2D eigenvalue weighted by molar-refractivity contribution is -0.154. The van der Waals surface area contributed by atoms with Gasteiger partial charge in [-0.3, -0.25) is 14.7 Å². The van der Waals surface area contributed by atoms with Gasteiger partial charge in [0.15, 0.2) is 5.96 Å². The van der Waals surface area contributed by atoms with Crippen LogP contribution in [0.1, 0.15) is 33.0 Å². The van der Waals surface area contributed by atoms with E-state index in [1.54, 1.807) is 6.26 Å². The Kier molecular flexibility index (Phi) is 9.30. The van der Waals surface area contributed by atoms with Crippen LogP contribution in [0.25, 0.3) is 0 Å². The number of rotatable bonds is 9. The number of esters is 1. The number of furan rings is 1. The van der Waals surface area contributed by atoms with Gasteiger partial charge in [-0.15, -0.1) is 0 Å². The number of aliphatic imine (C=N–C) groups is 1. The molecular formula is C20H34N4O4. The van der Waals surface area contributed by atoms with Gasteiger partial charge in [-0.1, -0.05) is 0 Å². The minimum Gasteiger partial charge on any atom is -0.469 e. The van der Waals surface area contributed by atoms with Gasteiger partial charge in [-0.05, 0) is 32.9 Å². The molecule has 1 aliphatic rings. The molecule has 0 radical (unpaired) electrons. The van der Waals surface area contributed by atoms with Gasteiger partial charge < -0.3 is 24.5 Å². The molecule has 1 fully saturated rings. The number of hydrogen-bond acceptors (Lipinski definition) is 6. The van der Waals surface area contributed by atoms with Gasteiger partial charge in [0.05, 0.1) is 32.4 Å². The summed E-state index contributed by atoms with van der Waals surface area (Å²) in [5.41, 5.74) is -0.465. The zero-order valence-electron chi connectivity index (χ0n) is 17.3. The van der Waals surface area contributed by atoms with Gasteiger partial charge in [0.1, 0.15) is 11.4 Å². The molecular weight excluding hydrogens is 360 g/mol. The zero-order chi connectivity index (χ0) is 20.2. The highest BCUT2D eigenvalue weighted by Crippen LogP contribution is 2.07. The van der Waals surface area contributed by atoms with E-state index in [9.17, 15) is 4.79 Å². The minimum absolute atomic E-state index is 0.219. The van der Waals surface area contributed by atoms with Crippen LogP contribution in [0.5, 0.6) is 0 Å². The zero-order valence-corrected chi connectivity index (χ0v) is 17.3. The van der Waals surface area contributed by atoms with Crippen LogP contribution in [-0.4, -0.2) is 74.9 Å². The van der Waals surface area contributed by atoms with E-state index in [4.69, 9.17) is 13.9 Å². The molecule has 0 saturated carbocycles. The first-order valence-corrected chi connectivity index (χ1v) is 9.99. The molecule has 8 nitrogen and oxygen atoms in total. The Morgan fingerprint density at radius 3 is 2.68 bits per heavy atom. The lowest BCUT2D eigenvalue weighted by atomic mass is 10.2. The van der Waals surface area contributed by atoms with E-state index in [1.807, 2.05) is 32.9 Å². The molecule has 0 bridgehead atoms. The standard InChI is InChI=1S/C20H34N4O4/c1-20(2,3)28-18(25)7-9-22-19(21-8-6-17-5-4-14-27-17)23-10-11-24-12-15-26-16-13-24/h4-5,14H,6-13,15-16H2,1-3H3,(H2,21,22,23). The molecule has 1 aliphatic heterocycles. The summed E-state index contributed by atoms with van der Waals surface area (Å²) >= 11 is 0. The van der Waals surface area contributed by atoms with Crippen molar-refractivity contribution in [3.8, 4) is 0 Å². The third-order valence-electron chi connectivity index (χ3n) is 4.08. The van der Waals surface area contributed by atoms with Crippen LogP contribution < -0.4 is 10.6 Å². The van der Waals surface area contributed by atoms with Crippen LogP contribution in [0.15, 0.2) is 27.8 Å². The van der Waals surface area contributed by atoms with Gasteiger partial charge in [0.2, 0.25) is 0 Å². The summed E-state index contributed by atoms with van der Waals surface area (Å²) in [6, 6.07) is 3.83. The Balaban J connectivity index is 1.76. The number of nitrogens with one attached hydrogen (secondary N) is 2. The number of nitrogens with zero attached hydrogens (tertiary/aromatic N) is 2. The second-order valence-corrected chi connectivity index (χ2v) is 7.70. The molecule has 28 heavy (non-hydrogen) atoms. The number of hydrogen-bond donors (Lipinski definition) is 2. The van der Waals surface area contributed by atoms with E-state index in [0.29, 0.717) is 32.0 Å². The molecule has 1 saturated heterocycles. The fraction of sp³-hybridized carbons (Fsp3) is 0.700. The normalized spacial score (nSPS) is 16.0. The van der Waals surface area contributed by atoms with Crippen molar-refractivity contribution in [1.82, 2.24) is 15.5 Å². The number of morpholine rings is 1. The Morgan fingerprint density at radius 1 is 1.25 bits per heavy atom. The second-order valence-electron chi connectivity index (χ2n) is 7.70. The van der Waals surface area contributed by atoms with Crippen LogP contribution in [0.2, 0.25) is 0 Å². The van der Waals surface area contributed by atoms with E-state index in [1.165, 1.54) is 0 Å². The minimum atomic E-state index is -0.465. The van der Waals surface area contributed by atoms with Crippen LogP contribution in [0.4, 0.5) is 0 Å². The molecule has 0 unspecified atom stereocenters. The van der Waals surface area contributed by atoms with Gasteiger partial charge in [-0.25, -0.2) is 0 Å². The summed E-state index contributed by atoms with van der Waals surface area (Å²) in [5.74, 6) is 1.40. The maximum atomic E-state index is 11.9. The lowest BCUT2D eigenvalue weighted by Crippen LogP contribution is -2.41. The summed E-state index contributed by atoms with van der Waals surface area (Å²) in [6.45, 7) is 11.8. The van der Waals surface area contributed by atoms with Crippen molar-refractivity contribution in [2.75, 3.05) is 52.5 Å². The third kappa shape index (κ3) is 9.75. The van der Waals surface area contributed by atoms with E-state index in [2.05, 4.69) is 20.5 Å². The van der Waals surface area contributed by atoms with Crippen molar-refractivity contribution in [3.63, 3.8) is 0 Å². The maximum absolute atomic E-state index is 11.9. The molecule has 1 aromatic rings. The topological polar surface area (TPSA) is 88.3 Å². The van der Waals surface area contributed by atoms with E-state index in [-0.39, 0.29) is 5.97 Å².